The number of hydrogen-bond donors (Lipinski definition) is 0. The maximum atomic E-state index is 6.10. The fourth-order valence-electron chi connectivity index (χ4n) is 3.94. The van der Waals surface area contributed by atoms with Crippen LogP contribution in [0.3, 0.4) is 0 Å². The minimum atomic E-state index is -1.02. The summed E-state index contributed by atoms with van der Waals surface area (Å²) in [7, 11) is -1.02. The Bertz CT molecular complexity index is 450. The highest BCUT2D eigenvalue weighted by atomic mass is 28.3. The van der Waals surface area contributed by atoms with E-state index in [0.29, 0.717) is 6.79 Å². The van der Waals surface area contributed by atoms with Crippen LogP contribution in [0.4, 0.5) is 0 Å². The molecule has 0 bridgehead atoms. The molecule has 0 unspecified atom stereocenters. The van der Waals surface area contributed by atoms with E-state index < -0.39 is 8.07 Å². The summed E-state index contributed by atoms with van der Waals surface area (Å²) < 4.78 is 23.6. The van der Waals surface area contributed by atoms with Gasteiger partial charge in [-0.2, -0.15) is 0 Å². The Balaban J connectivity index is 1.47. The lowest BCUT2D eigenvalue weighted by molar-refractivity contribution is -0.187. The fraction of sp³-hybridized carbons (Fsp3) is 0.889. The summed E-state index contributed by atoms with van der Waals surface area (Å²) in [6, 6.07) is 1.19. The van der Waals surface area contributed by atoms with E-state index >= 15 is 0 Å². The largest absolute Gasteiger partial charge is 0.356 e. The minimum Gasteiger partial charge on any atom is -0.356 e. The van der Waals surface area contributed by atoms with Crippen molar-refractivity contribution in [3.05, 3.63) is 11.6 Å². The molecule has 4 nitrogen and oxygen atoms in total. The Morgan fingerprint density at radius 3 is 2.65 bits per heavy atom. The summed E-state index contributed by atoms with van der Waals surface area (Å²) >= 11 is 0. The molecule has 1 spiro atoms. The SMILES string of the molecule is C[C@]12CCC3(CC1=CC[C@@H]2OCOCC[Si](C)(C)C)OCCO3. The first-order valence-corrected chi connectivity index (χ1v) is 12.7. The summed E-state index contributed by atoms with van der Waals surface area (Å²) in [5, 5.41) is 0. The van der Waals surface area contributed by atoms with Crippen LogP contribution >= 0.6 is 0 Å². The van der Waals surface area contributed by atoms with Gasteiger partial charge in [-0.25, -0.2) is 0 Å². The summed E-state index contributed by atoms with van der Waals surface area (Å²) in [5.41, 5.74) is 1.58. The summed E-state index contributed by atoms with van der Waals surface area (Å²) in [6.07, 6.45) is 6.51. The van der Waals surface area contributed by atoms with Crippen molar-refractivity contribution in [3.8, 4) is 0 Å². The average Bonchev–Trinajstić information content (AvgIpc) is 3.04. The monoisotopic (exact) mass is 340 g/mol. The van der Waals surface area contributed by atoms with Crippen molar-refractivity contribution in [1.29, 1.82) is 0 Å². The van der Waals surface area contributed by atoms with Crippen molar-refractivity contribution < 1.29 is 18.9 Å². The molecule has 1 heterocycles. The summed E-state index contributed by atoms with van der Waals surface area (Å²) in [5.74, 6) is -0.339. The normalized spacial score (nSPS) is 33.0. The number of rotatable bonds is 6. The third-order valence-electron chi connectivity index (χ3n) is 5.67. The topological polar surface area (TPSA) is 36.9 Å². The van der Waals surface area contributed by atoms with Crippen LogP contribution in [0.5, 0.6) is 0 Å². The molecular weight excluding hydrogens is 308 g/mol. The summed E-state index contributed by atoms with van der Waals surface area (Å²) in [4.78, 5) is 0. The van der Waals surface area contributed by atoms with Crippen LogP contribution in [-0.2, 0) is 18.9 Å². The highest BCUT2D eigenvalue weighted by Crippen LogP contribution is 2.54. The van der Waals surface area contributed by atoms with Gasteiger partial charge in [-0.1, -0.05) is 38.2 Å². The molecule has 3 aliphatic rings. The first kappa shape index (κ1) is 17.6. The Labute approximate surface area is 141 Å². The zero-order chi connectivity index (χ0) is 16.6. The maximum absolute atomic E-state index is 6.10. The molecule has 2 aliphatic carbocycles. The van der Waals surface area contributed by atoms with E-state index in [1.807, 2.05) is 0 Å². The Morgan fingerprint density at radius 1 is 1.22 bits per heavy atom. The van der Waals surface area contributed by atoms with Gasteiger partial charge in [0, 0.05) is 32.9 Å². The first-order chi connectivity index (χ1) is 10.8. The maximum Gasteiger partial charge on any atom is 0.172 e. The van der Waals surface area contributed by atoms with E-state index in [2.05, 4.69) is 32.6 Å². The lowest BCUT2D eigenvalue weighted by Gasteiger charge is -2.44. The molecule has 3 rings (SSSR count). The van der Waals surface area contributed by atoms with Gasteiger partial charge in [0.2, 0.25) is 0 Å². The predicted molar refractivity (Wildman–Crippen MR) is 93.1 cm³/mol. The minimum absolute atomic E-state index is 0.128. The molecule has 2 atom stereocenters. The Hall–Kier alpha value is -0.203. The van der Waals surface area contributed by atoms with Crippen LogP contribution in [0.1, 0.15) is 32.6 Å². The van der Waals surface area contributed by atoms with Crippen LogP contribution in [0.25, 0.3) is 0 Å². The van der Waals surface area contributed by atoms with Gasteiger partial charge in [-0.05, 0) is 18.9 Å². The molecule has 2 fully saturated rings. The van der Waals surface area contributed by atoms with Crippen molar-refractivity contribution >= 4 is 8.07 Å². The molecule has 0 aromatic rings. The zero-order valence-corrected chi connectivity index (χ0v) is 16.2. The van der Waals surface area contributed by atoms with Gasteiger partial charge in [-0.3, -0.25) is 0 Å². The van der Waals surface area contributed by atoms with E-state index in [0.717, 1.165) is 45.5 Å². The molecule has 1 aliphatic heterocycles. The molecule has 0 radical (unpaired) electrons. The van der Waals surface area contributed by atoms with Gasteiger partial charge in [0.05, 0.1) is 19.3 Å². The smallest absolute Gasteiger partial charge is 0.172 e. The quantitative estimate of drug-likeness (QED) is 0.317. The molecule has 0 aromatic heterocycles. The van der Waals surface area contributed by atoms with E-state index in [1.54, 1.807) is 0 Å². The molecule has 1 saturated heterocycles. The second-order valence-electron chi connectivity index (χ2n) is 8.66. The van der Waals surface area contributed by atoms with Gasteiger partial charge in [-0.15, -0.1) is 0 Å². The molecule has 1 saturated carbocycles. The van der Waals surface area contributed by atoms with E-state index in [4.69, 9.17) is 18.9 Å². The Kier molecular flexibility index (Phi) is 5.05. The molecule has 0 aromatic carbocycles. The van der Waals surface area contributed by atoms with Crippen LogP contribution in [0.15, 0.2) is 11.6 Å². The van der Waals surface area contributed by atoms with Gasteiger partial charge in [0.15, 0.2) is 5.79 Å². The number of hydrogen-bond acceptors (Lipinski definition) is 4. The molecule has 132 valence electrons. The van der Waals surface area contributed by atoms with Crippen LogP contribution in [-0.4, -0.2) is 46.6 Å². The van der Waals surface area contributed by atoms with Crippen molar-refractivity contribution in [2.24, 2.45) is 5.41 Å². The molecule has 0 N–H and O–H groups in total. The van der Waals surface area contributed by atoms with Crippen LogP contribution in [0, 0.1) is 5.41 Å². The van der Waals surface area contributed by atoms with Gasteiger partial charge < -0.3 is 18.9 Å². The standard InChI is InChI=1S/C18H32O4Si/c1-17-7-8-18(21-9-10-22-18)13-15(17)5-6-16(17)20-14-19-11-12-23(2,3)4/h5,16H,6-14H2,1-4H3/t16-,17-/m0/s1. The van der Waals surface area contributed by atoms with Gasteiger partial charge in [0.1, 0.15) is 6.79 Å². The molecule has 23 heavy (non-hydrogen) atoms. The molecular formula is C18H32O4Si. The van der Waals surface area contributed by atoms with E-state index in [9.17, 15) is 0 Å². The Morgan fingerprint density at radius 2 is 1.96 bits per heavy atom. The lowest BCUT2D eigenvalue weighted by Crippen LogP contribution is -2.44. The highest BCUT2D eigenvalue weighted by molar-refractivity contribution is 6.76. The lowest BCUT2D eigenvalue weighted by atomic mass is 9.69. The van der Waals surface area contributed by atoms with Crippen molar-refractivity contribution in [3.63, 3.8) is 0 Å². The number of ether oxygens (including phenoxy) is 4. The van der Waals surface area contributed by atoms with Crippen molar-refractivity contribution in [2.45, 2.75) is 70.2 Å². The highest BCUT2D eigenvalue weighted by Gasteiger charge is 2.52. The molecule has 5 heteroatoms. The van der Waals surface area contributed by atoms with E-state index in [1.165, 1.54) is 11.6 Å². The number of fused-ring (bicyclic) bond motifs is 1. The van der Waals surface area contributed by atoms with Crippen LogP contribution < -0.4 is 0 Å². The third kappa shape index (κ3) is 3.90. The second kappa shape index (κ2) is 6.60. The van der Waals surface area contributed by atoms with Crippen molar-refractivity contribution in [1.82, 2.24) is 0 Å². The van der Waals surface area contributed by atoms with Crippen molar-refractivity contribution in [2.75, 3.05) is 26.6 Å². The second-order valence-corrected chi connectivity index (χ2v) is 14.3. The zero-order valence-electron chi connectivity index (χ0n) is 15.2. The first-order valence-electron chi connectivity index (χ1n) is 9.00. The van der Waals surface area contributed by atoms with Crippen LogP contribution in [0.2, 0.25) is 25.7 Å². The van der Waals surface area contributed by atoms with E-state index in [-0.39, 0.29) is 17.3 Å². The molecule has 0 amide bonds. The van der Waals surface area contributed by atoms with Gasteiger partial charge in [0.25, 0.3) is 0 Å². The average molecular weight is 341 g/mol. The fourth-order valence-corrected chi connectivity index (χ4v) is 4.69. The third-order valence-corrected chi connectivity index (χ3v) is 7.37. The predicted octanol–water partition coefficient (Wildman–Crippen LogP) is 3.95. The van der Waals surface area contributed by atoms with Gasteiger partial charge >= 0.3 is 0 Å². The summed E-state index contributed by atoms with van der Waals surface area (Å²) in [6.45, 7) is 12.2.